The minimum Gasteiger partial charge on any atom is -0.492 e. The molecule has 0 aliphatic carbocycles. The summed E-state index contributed by atoms with van der Waals surface area (Å²) in [5.41, 5.74) is 0.0387. The van der Waals surface area contributed by atoms with Crippen LogP contribution in [0.1, 0.15) is 71.3 Å². The molecule has 1 amide bonds. The minimum absolute atomic E-state index is 0.123. The lowest BCUT2D eigenvalue weighted by Crippen LogP contribution is -2.41. The SMILES string of the molecule is CN(CC(C)(C)COc1cc(C(C)(C)C)ccc1C(=O)O)C(=O)OC(C)(C)C. The van der Waals surface area contributed by atoms with Crippen molar-refractivity contribution in [2.24, 2.45) is 5.41 Å². The first-order chi connectivity index (χ1) is 12.5. The summed E-state index contributed by atoms with van der Waals surface area (Å²) >= 11 is 0. The van der Waals surface area contributed by atoms with Gasteiger partial charge in [-0.25, -0.2) is 9.59 Å². The standard InChI is InChI=1S/C22H35NO5/c1-20(2,3)15-10-11-16(18(24)25)17(12-15)27-14-22(7,8)13-23(9)19(26)28-21(4,5)6/h10-12H,13-14H2,1-9H3,(H,24,25). The molecule has 0 radical (unpaired) electrons. The summed E-state index contributed by atoms with van der Waals surface area (Å²) in [5.74, 6) is -0.688. The van der Waals surface area contributed by atoms with Crippen LogP contribution in [-0.4, -0.2) is 47.9 Å². The van der Waals surface area contributed by atoms with E-state index in [1.807, 2.05) is 40.7 Å². The lowest BCUT2D eigenvalue weighted by Gasteiger charge is -2.32. The van der Waals surface area contributed by atoms with E-state index in [0.29, 0.717) is 12.3 Å². The van der Waals surface area contributed by atoms with Crippen LogP contribution in [0.2, 0.25) is 0 Å². The topological polar surface area (TPSA) is 76.1 Å². The van der Waals surface area contributed by atoms with E-state index < -0.39 is 23.1 Å². The zero-order valence-electron chi connectivity index (χ0n) is 18.7. The van der Waals surface area contributed by atoms with Gasteiger partial charge in [0, 0.05) is 19.0 Å². The number of rotatable bonds is 6. The monoisotopic (exact) mass is 393 g/mol. The molecule has 0 aromatic heterocycles. The van der Waals surface area contributed by atoms with E-state index in [4.69, 9.17) is 9.47 Å². The number of carboxylic acids is 1. The fourth-order valence-electron chi connectivity index (χ4n) is 2.65. The molecular weight excluding hydrogens is 358 g/mol. The van der Waals surface area contributed by atoms with Crippen molar-refractivity contribution in [1.29, 1.82) is 0 Å². The predicted molar refractivity (Wildman–Crippen MR) is 110 cm³/mol. The van der Waals surface area contributed by atoms with Crippen molar-refractivity contribution in [2.45, 2.75) is 66.4 Å². The fraction of sp³-hybridized carbons (Fsp3) is 0.636. The van der Waals surface area contributed by atoms with Crippen molar-refractivity contribution in [1.82, 2.24) is 4.90 Å². The van der Waals surface area contributed by atoms with Crippen LogP contribution in [0.15, 0.2) is 18.2 Å². The van der Waals surface area contributed by atoms with Gasteiger partial charge in [0.25, 0.3) is 0 Å². The van der Waals surface area contributed by atoms with Crippen LogP contribution in [0.25, 0.3) is 0 Å². The molecule has 158 valence electrons. The summed E-state index contributed by atoms with van der Waals surface area (Å²) < 4.78 is 11.3. The van der Waals surface area contributed by atoms with E-state index in [1.54, 1.807) is 19.2 Å². The normalized spacial score (nSPS) is 12.5. The van der Waals surface area contributed by atoms with E-state index in [0.717, 1.165) is 5.56 Å². The van der Waals surface area contributed by atoms with Gasteiger partial charge in [0.1, 0.15) is 16.9 Å². The first-order valence-electron chi connectivity index (χ1n) is 9.47. The number of carboxylic acid groups (broad SMARTS) is 1. The molecule has 28 heavy (non-hydrogen) atoms. The average molecular weight is 394 g/mol. The Balaban J connectivity index is 2.91. The van der Waals surface area contributed by atoms with Crippen molar-refractivity contribution in [2.75, 3.05) is 20.2 Å². The average Bonchev–Trinajstić information content (AvgIpc) is 2.49. The van der Waals surface area contributed by atoms with E-state index in [1.165, 1.54) is 4.90 Å². The Labute approximate surface area is 168 Å². The summed E-state index contributed by atoms with van der Waals surface area (Å²) in [6, 6.07) is 5.19. The first kappa shape index (κ1) is 23.8. The summed E-state index contributed by atoms with van der Waals surface area (Å²) in [7, 11) is 1.68. The Morgan fingerprint density at radius 3 is 2.07 bits per heavy atom. The molecule has 0 saturated heterocycles. The molecule has 0 aliphatic rings. The van der Waals surface area contributed by atoms with E-state index in [-0.39, 0.29) is 17.6 Å². The molecule has 6 heteroatoms. The van der Waals surface area contributed by atoms with Gasteiger partial charge in [-0.2, -0.15) is 0 Å². The lowest BCUT2D eigenvalue weighted by molar-refractivity contribution is 0.0203. The van der Waals surface area contributed by atoms with Crippen molar-refractivity contribution in [3.05, 3.63) is 29.3 Å². The molecule has 1 aromatic rings. The van der Waals surface area contributed by atoms with Gasteiger partial charge >= 0.3 is 12.1 Å². The first-order valence-corrected chi connectivity index (χ1v) is 9.47. The van der Waals surface area contributed by atoms with Crippen molar-refractivity contribution in [3.8, 4) is 5.75 Å². The van der Waals surface area contributed by atoms with Gasteiger partial charge in [0.15, 0.2) is 0 Å². The van der Waals surface area contributed by atoms with Gasteiger partial charge in [-0.05, 0) is 43.9 Å². The maximum absolute atomic E-state index is 12.2. The van der Waals surface area contributed by atoms with Crippen molar-refractivity contribution >= 4 is 12.1 Å². The summed E-state index contributed by atoms with van der Waals surface area (Å²) in [4.78, 5) is 25.3. The van der Waals surface area contributed by atoms with Crippen LogP contribution < -0.4 is 4.74 Å². The lowest BCUT2D eigenvalue weighted by atomic mass is 9.86. The zero-order valence-corrected chi connectivity index (χ0v) is 18.7. The second kappa shape index (κ2) is 8.41. The second-order valence-corrected chi connectivity index (χ2v) is 10.1. The highest BCUT2D eigenvalue weighted by Gasteiger charge is 2.28. The van der Waals surface area contributed by atoms with Gasteiger partial charge in [-0.15, -0.1) is 0 Å². The quantitative estimate of drug-likeness (QED) is 0.740. The molecule has 0 aliphatic heterocycles. The second-order valence-electron chi connectivity index (χ2n) is 10.1. The minimum atomic E-state index is -1.03. The van der Waals surface area contributed by atoms with E-state index in [2.05, 4.69) is 20.8 Å². The van der Waals surface area contributed by atoms with Crippen LogP contribution in [0.4, 0.5) is 4.79 Å². The molecule has 0 bridgehead atoms. The van der Waals surface area contributed by atoms with Gasteiger partial charge < -0.3 is 19.5 Å². The Kier molecular flexibility index (Phi) is 7.15. The number of nitrogens with zero attached hydrogens (tertiary/aromatic N) is 1. The molecule has 1 aromatic carbocycles. The largest absolute Gasteiger partial charge is 0.492 e. The van der Waals surface area contributed by atoms with Gasteiger partial charge in [-0.3, -0.25) is 0 Å². The summed E-state index contributed by atoms with van der Waals surface area (Å²) in [5, 5.41) is 9.47. The summed E-state index contributed by atoms with van der Waals surface area (Å²) in [6.45, 7) is 16.2. The third kappa shape index (κ3) is 7.41. The van der Waals surface area contributed by atoms with E-state index in [9.17, 15) is 14.7 Å². The van der Waals surface area contributed by atoms with Gasteiger partial charge in [-0.1, -0.05) is 40.7 Å². The number of carbonyl (C=O) groups excluding carboxylic acids is 1. The third-order valence-corrected chi connectivity index (χ3v) is 4.07. The molecule has 0 unspecified atom stereocenters. The number of aromatic carboxylic acids is 1. The molecule has 0 atom stereocenters. The molecule has 0 heterocycles. The molecule has 1 rings (SSSR count). The number of ether oxygens (including phenoxy) is 2. The molecule has 0 spiro atoms. The van der Waals surface area contributed by atoms with Gasteiger partial charge in [0.2, 0.25) is 0 Å². The van der Waals surface area contributed by atoms with Crippen molar-refractivity contribution in [3.63, 3.8) is 0 Å². The molecule has 0 fully saturated rings. The maximum Gasteiger partial charge on any atom is 0.410 e. The van der Waals surface area contributed by atoms with Crippen LogP contribution >= 0.6 is 0 Å². The highest BCUT2D eigenvalue weighted by Crippen LogP contribution is 2.30. The Morgan fingerprint density at radius 1 is 1.04 bits per heavy atom. The van der Waals surface area contributed by atoms with Crippen LogP contribution in [-0.2, 0) is 10.2 Å². The number of hydrogen-bond acceptors (Lipinski definition) is 4. The maximum atomic E-state index is 12.2. The number of hydrogen-bond donors (Lipinski definition) is 1. The molecular formula is C22H35NO5. The predicted octanol–water partition coefficient (Wildman–Crippen LogP) is 4.95. The van der Waals surface area contributed by atoms with Crippen LogP contribution in [0, 0.1) is 5.41 Å². The fourth-order valence-corrected chi connectivity index (χ4v) is 2.65. The molecule has 6 nitrogen and oxygen atoms in total. The zero-order chi connectivity index (χ0) is 21.9. The van der Waals surface area contributed by atoms with Gasteiger partial charge in [0.05, 0.1) is 6.61 Å². The molecule has 0 saturated carbocycles. The summed E-state index contributed by atoms with van der Waals surface area (Å²) in [6.07, 6.45) is -0.401. The smallest absolute Gasteiger partial charge is 0.410 e. The van der Waals surface area contributed by atoms with E-state index >= 15 is 0 Å². The van der Waals surface area contributed by atoms with Crippen LogP contribution in [0.3, 0.4) is 0 Å². The molecule has 1 N–H and O–H groups in total. The Morgan fingerprint density at radius 2 is 1.61 bits per heavy atom. The van der Waals surface area contributed by atoms with Crippen LogP contribution in [0.5, 0.6) is 5.75 Å². The number of amides is 1. The Bertz CT molecular complexity index is 711. The highest BCUT2D eigenvalue weighted by molar-refractivity contribution is 5.91. The highest BCUT2D eigenvalue weighted by atomic mass is 16.6. The number of carbonyl (C=O) groups is 2. The van der Waals surface area contributed by atoms with Crippen molar-refractivity contribution < 1.29 is 24.2 Å². The third-order valence-electron chi connectivity index (χ3n) is 4.07. The Hall–Kier alpha value is -2.24. The number of benzene rings is 1.